The average Bonchev–Trinajstić information content (AvgIpc) is 3.21. The number of amides is 2. The Bertz CT molecular complexity index is 1320. The van der Waals surface area contributed by atoms with Crippen molar-refractivity contribution in [1.82, 2.24) is 14.9 Å². The van der Waals surface area contributed by atoms with Gasteiger partial charge in [0.1, 0.15) is 12.9 Å². The Morgan fingerprint density at radius 1 is 1.03 bits per heavy atom. The molecule has 1 aromatic heterocycles. The SMILES string of the molecule is C=C(C)c1ccc(-c2ccc3c(c2)ncn3-c2cccc(NC(=O)NCC(F)(F)F)c2)cc1. The fourth-order valence-electron chi connectivity index (χ4n) is 3.43. The number of rotatable bonds is 5. The van der Waals surface area contributed by atoms with E-state index >= 15 is 0 Å². The number of carbonyl (C=O) groups is 1. The Hall–Kier alpha value is -4.07. The summed E-state index contributed by atoms with van der Waals surface area (Å²) in [6, 6.07) is 20.0. The molecule has 5 nitrogen and oxygen atoms in total. The van der Waals surface area contributed by atoms with Crippen LogP contribution in [0.5, 0.6) is 0 Å². The number of hydrogen-bond donors (Lipinski definition) is 2. The highest BCUT2D eigenvalue weighted by atomic mass is 19.4. The van der Waals surface area contributed by atoms with Gasteiger partial charge < -0.3 is 10.6 Å². The van der Waals surface area contributed by atoms with Gasteiger partial charge in [-0.2, -0.15) is 13.2 Å². The van der Waals surface area contributed by atoms with Crippen LogP contribution in [-0.2, 0) is 0 Å². The van der Waals surface area contributed by atoms with Crippen molar-refractivity contribution in [3.8, 4) is 16.8 Å². The van der Waals surface area contributed by atoms with Gasteiger partial charge in [-0.05, 0) is 53.9 Å². The molecule has 2 amide bonds. The maximum atomic E-state index is 12.3. The number of urea groups is 1. The fraction of sp³-hybridized carbons (Fsp3) is 0.120. The molecule has 3 aromatic carbocycles. The molecular formula is C25H21F3N4O. The van der Waals surface area contributed by atoms with E-state index in [2.05, 4.69) is 16.9 Å². The summed E-state index contributed by atoms with van der Waals surface area (Å²) in [4.78, 5) is 16.3. The first-order chi connectivity index (χ1) is 15.7. The summed E-state index contributed by atoms with van der Waals surface area (Å²) < 4.78 is 38.7. The van der Waals surface area contributed by atoms with Crippen molar-refractivity contribution >= 4 is 28.3 Å². The summed E-state index contributed by atoms with van der Waals surface area (Å²) in [5.74, 6) is 0. The second kappa shape index (κ2) is 8.82. The fourth-order valence-corrected chi connectivity index (χ4v) is 3.43. The lowest BCUT2D eigenvalue weighted by Crippen LogP contribution is -2.36. The number of halogens is 3. The summed E-state index contributed by atoms with van der Waals surface area (Å²) >= 11 is 0. The van der Waals surface area contributed by atoms with Crippen molar-refractivity contribution in [2.75, 3.05) is 11.9 Å². The van der Waals surface area contributed by atoms with E-state index in [1.165, 1.54) is 0 Å². The number of nitrogens with zero attached hydrogens (tertiary/aromatic N) is 2. The predicted octanol–water partition coefficient (Wildman–Crippen LogP) is 6.41. The van der Waals surface area contributed by atoms with Crippen LogP contribution < -0.4 is 10.6 Å². The average molecular weight is 450 g/mol. The summed E-state index contributed by atoms with van der Waals surface area (Å²) in [7, 11) is 0. The molecule has 0 fully saturated rings. The highest BCUT2D eigenvalue weighted by Gasteiger charge is 2.27. The minimum atomic E-state index is -4.47. The van der Waals surface area contributed by atoms with E-state index < -0.39 is 18.8 Å². The summed E-state index contributed by atoms with van der Waals surface area (Å²) in [5.41, 5.74) is 6.90. The third-order valence-electron chi connectivity index (χ3n) is 5.09. The van der Waals surface area contributed by atoms with Crippen molar-refractivity contribution < 1.29 is 18.0 Å². The first-order valence-electron chi connectivity index (χ1n) is 10.1. The zero-order valence-corrected chi connectivity index (χ0v) is 17.8. The van der Waals surface area contributed by atoms with Crippen LogP contribution in [0.1, 0.15) is 12.5 Å². The Kier molecular flexibility index (Phi) is 5.91. The normalized spacial score (nSPS) is 11.4. The van der Waals surface area contributed by atoms with Crippen molar-refractivity contribution in [2.24, 2.45) is 0 Å². The number of hydrogen-bond acceptors (Lipinski definition) is 2. The van der Waals surface area contributed by atoms with E-state index in [0.29, 0.717) is 11.4 Å². The minimum Gasteiger partial charge on any atom is -0.329 e. The van der Waals surface area contributed by atoms with Gasteiger partial charge in [-0.1, -0.05) is 48.6 Å². The molecule has 0 aliphatic heterocycles. The molecular weight excluding hydrogens is 429 g/mol. The first-order valence-corrected chi connectivity index (χ1v) is 10.1. The quantitative estimate of drug-likeness (QED) is 0.369. The Morgan fingerprint density at radius 2 is 1.76 bits per heavy atom. The van der Waals surface area contributed by atoms with Crippen molar-refractivity contribution in [3.05, 3.63) is 85.2 Å². The number of nitrogens with one attached hydrogen (secondary N) is 2. The highest BCUT2D eigenvalue weighted by molar-refractivity contribution is 5.90. The van der Waals surface area contributed by atoms with Crippen molar-refractivity contribution in [1.29, 1.82) is 0 Å². The van der Waals surface area contributed by atoms with Gasteiger partial charge in [0.05, 0.1) is 11.0 Å². The zero-order valence-electron chi connectivity index (χ0n) is 17.8. The van der Waals surface area contributed by atoms with Crippen LogP contribution in [0.25, 0.3) is 33.4 Å². The predicted molar refractivity (Wildman–Crippen MR) is 124 cm³/mol. The monoisotopic (exact) mass is 450 g/mol. The van der Waals surface area contributed by atoms with Crippen LogP contribution in [0.15, 0.2) is 79.6 Å². The molecule has 0 saturated carbocycles. The van der Waals surface area contributed by atoms with E-state index in [1.807, 2.05) is 60.0 Å². The smallest absolute Gasteiger partial charge is 0.329 e. The van der Waals surface area contributed by atoms with Crippen molar-refractivity contribution in [2.45, 2.75) is 13.1 Å². The molecule has 0 aliphatic rings. The van der Waals surface area contributed by atoms with E-state index in [4.69, 9.17) is 0 Å². The van der Waals surface area contributed by atoms with E-state index in [-0.39, 0.29) is 0 Å². The highest BCUT2D eigenvalue weighted by Crippen LogP contribution is 2.27. The van der Waals surface area contributed by atoms with Crippen LogP contribution in [0.4, 0.5) is 23.7 Å². The van der Waals surface area contributed by atoms with Crippen LogP contribution in [-0.4, -0.2) is 28.3 Å². The molecule has 1 heterocycles. The number of benzene rings is 3. The number of aromatic nitrogens is 2. The van der Waals surface area contributed by atoms with E-state index in [0.717, 1.165) is 33.3 Å². The third kappa shape index (κ3) is 5.23. The van der Waals surface area contributed by atoms with Gasteiger partial charge in [0.15, 0.2) is 0 Å². The van der Waals surface area contributed by atoms with Crippen LogP contribution >= 0.6 is 0 Å². The molecule has 0 radical (unpaired) electrons. The van der Waals surface area contributed by atoms with Gasteiger partial charge in [-0.3, -0.25) is 4.57 Å². The zero-order chi connectivity index (χ0) is 23.6. The van der Waals surface area contributed by atoms with Crippen molar-refractivity contribution in [3.63, 3.8) is 0 Å². The Labute approximate surface area is 188 Å². The number of carbonyl (C=O) groups excluding carboxylic acids is 1. The second-order valence-electron chi connectivity index (χ2n) is 7.65. The molecule has 0 bridgehead atoms. The van der Waals surface area contributed by atoms with Crippen LogP contribution in [0.3, 0.4) is 0 Å². The molecule has 0 atom stereocenters. The lowest BCUT2D eigenvalue weighted by Gasteiger charge is -2.11. The molecule has 168 valence electrons. The maximum absolute atomic E-state index is 12.3. The standard InChI is InChI=1S/C25H21F3N4O/c1-16(2)17-6-8-18(9-7-17)19-10-11-23-22(12-19)30-15-32(23)21-5-3-4-20(13-21)31-24(33)29-14-25(26,27)28/h3-13,15H,1,14H2,2H3,(H2,29,31,33). The second-order valence-corrected chi connectivity index (χ2v) is 7.65. The molecule has 33 heavy (non-hydrogen) atoms. The molecule has 0 aliphatic carbocycles. The molecule has 4 rings (SSSR count). The Balaban J connectivity index is 1.56. The Morgan fingerprint density at radius 3 is 2.45 bits per heavy atom. The topological polar surface area (TPSA) is 59.0 Å². The van der Waals surface area contributed by atoms with Crippen LogP contribution in [0, 0.1) is 0 Å². The van der Waals surface area contributed by atoms with Gasteiger partial charge in [-0.25, -0.2) is 9.78 Å². The summed E-state index contributed by atoms with van der Waals surface area (Å²) in [6.45, 7) is 4.52. The number of fused-ring (bicyclic) bond motifs is 1. The maximum Gasteiger partial charge on any atom is 0.405 e. The largest absolute Gasteiger partial charge is 0.405 e. The van der Waals surface area contributed by atoms with Crippen LogP contribution in [0.2, 0.25) is 0 Å². The van der Waals surface area contributed by atoms with Gasteiger partial charge in [0.2, 0.25) is 0 Å². The van der Waals surface area contributed by atoms with Gasteiger partial charge >= 0.3 is 12.2 Å². The number of alkyl halides is 3. The third-order valence-corrected chi connectivity index (χ3v) is 5.09. The molecule has 0 spiro atoms. The summed E-state index contributed by atoms with van der Waals surface area (Å²) in [6.07, 6.45) is -2.80. The van der Waals surface area contributed by atoms with Gasteiger partial charge in [0.25, 0.3) is 0 Å². The molecule has 8 heteroatoms. The lowest BCUT2D eigenvalue weighted by molar-refractivity contribution is -0.122. The number of imidazole rings is 1. The molecule has 2 N–H and O–H groups in total. The first kappa shape index (κ1) is 22.1. The molecule has 4 aromatic rings. The van der Waals surface area contributed by atoms with Gasteiger partial charge in [-0.15, -0.1) is 0 Å². The number of anilines is 1. The molecule has 0 saturated heterocycles. The molecule has 0 unspecified atom stereocenters. The minimum absolute atomic E-state index is 0.364. The number of allylic oxidation sites excluding steroid dienone is 1. The van der Waals surface area contributed by atoms with E-state index in [9.17, 15) is 18.0 Å². The summed E-state index contributed by atoms with van der Waals surface area (Å²) in [5, 5.41) is 4.21. The van der Waals surface area contributed by atoms with E-state index in [1.54, 1.807) is 29.8 Å². The van der Waals surface area contributed by atoms with Gasteiger partial charge in [0, 0.05) is 11.4 Å². The lowest BCUT2D eigenvalue weighted by atomic mass is 10.0.